The first kappa shape index (κ1) is 13.7. The molecule has 0 amide bonds. The average molecular weight is 309 g/mol. The summed E-state index contributed by atoms with van der Waals surface area (Å²) < 4.78 is 24.8. The van der Waals surface area contributed by atoms with E-state index in [2.05, 4.69) is 20.1 Å². The number of hydrogen-bond donors (Lipinski definition) is 1. The largest absolute Gasteiger partial charge is 0.368 e. The van der Waals surface area contributed by atoms with E-state index < -0.39 is 9.84 Å². The SMILES string of the molecule is CC1CS(=O)(=O)CCN1c1nc(N)nc(-n2cccn2)n1. The maximum Gasteiger partial charge on any atom is 0.257 e. The zero-order chi connectivity index (χ0) is 15.0. The van der Waals surface area contributed by atoms with Crippen LogP contribution in [0.3, 0.4) is 0 Å². The topological polar surface area (TPSA) is 120 Å². The lowest BCUT2D eigenvalue weighted by Gasteiger charge is -2.33. The summed E-state index contributed by atoms with van der Waals surface area (Å²) in [6.07, 6.45) is 3.30. The molecule has 3 heterocycles. The Morgan fingerprint density at radius 2 is 2.05 bits per heavy atom. The van der Waals surface area contributed by atoms with Crippen LogP contribution in [0.4, 0.5) is 11.9 Å². The molecule has 10 heteroatoms. The van der Waals surface area contributed by atoms with Gasteiger partial charge in [-0.25, -0.2) is 13.1 Å². The Balaban J connectivity index is 1.96. The minimum absolute atomic E-state index is 0.0751. The first-order valence-corrected chi connectivity index (χ1v) is 8.25. The molecule has 9 nitrogen and oxygen atoms in total. The summed E-state index contributed by atoms with van der Waals surface area (Å²) in [6.45, 7) is 2.16. The quantitative estimate of drug-likeness (QED) is 0.770. The highest BCUT2D eigenvalue weighted by molar-refractivity contribution is 7.91. The number of nitrogen functional groups attached to an aromatic ring is 1. The van der Waals surface area contributed by atoms with Crippen molar-refractivity contribution >= 4 is 21.7 Å². The minimum atomic E-state index is -3.00. The van der Waals surface area contributed by atoms with Gasteiger partial charge in [0.2, 0.25) is 11.9 Å². The summed E-state index contributed by atoms with van der Waals surface area (Å²) in [5.74, 6) is 0.917. The normalized spacial score (nSPS) is 21.4. The molecular formula is C11H15N7O2S. The number of hydrogen-bond acceptors (Lipinski definition) is 8. The zero-order valence-corrected chi connectivity index (χ0v) is 12.2. The van der Waals surface area contributed by atoms with Crippen LogP contribution in [0.2, 0.25) is 0 Å². The van der Waals surface area contributed by atoms with Crippen LogP contribution < -0.4 is 10.6 Å². The third kappa shape index (κ3) is 2.79. The van der Waals surface area contributed by atoms with Crippen molar-refractivity contribution in [2.45, 2.75) is 13.0 Å². The number of rotatable bonds is 2. The second-order valence-electron chi connectivity index (χ2n) is 4.90. The third-order valence-electron chi connectivity index (χ3n) is 3.27. The van der Waals surface area contributed by atoms with Gasteiger partial charge in [0, 0.05) is 25.0 Å². The summed E-state index contributed by atoms with van der Waals surface area (Å²) in [4.78, 5) is 14.3. The van der Waals surface area contributed by atoms with Crippen LogP contribution in [-0.2, 0) is 9.84 Å². The molecule has 1 aliphatic heterocycles. The van der Waals surface area contributed by atoms with Crippen molar-refractivity contribution in [3.05, 3.63) is 18.5 Å². The van der Waals surface area contributed by atoms with E-state index in [-0.39, 0.29) is 23.5 Å². The first-order valence-electron chi connectivity index (χ1n) is 6.43. The molecule has 0 bridgehead atoms. The maximum absolute atomic E-state index is 11.6. The van der Waals surface area contributed by atoms with Gasteiger partial charge in [-0.15, -0.1) is 0 Å². The number of nitrogens with two attached hydrogens (primary N) is 1. The monoisotopic (exact) mass is 309 g/mol. The number of sulfone groups is 1. The van der Waals surface area contributed by atoms with E-state index in [9.17, 15) is 8.42 Å². The molecular weight excluding hydrogens is 294 g/mol. The van der Waals surface area contributed by atoms with Crippen LogP contribution in [0.25, 0.3) is 5.95 Å². The van der Waals surface area contributed by atoms with Gasteiger partial charge in [0.05, 0.1) is 11.5 Å². The lowest BCUT2D eigenvalue weighted by atomic mass is 10.3. The predicted octanol–water partition coefficient (Wildman–Crippen LogP) is -0.737. The van der Waals surface area contributed by atoms with Gasteiger partial charge in [0.15, 0.2) is 9.84 Å². The maximum atomic E-state index is 11.6. The van der Waals surface area contributed by atoms with Gasteiger partial charge in [0.25, 0.3) is 5.95 Å². The Bertz CT molecular complexity index is 744. The van der Waals surface area contributed by atoms with Gasteiger partial charge in [0.1, 0.15) is 0 Å². The molecule has 0 aliphatic carbocycles. The lowest BCUT2D eigenvalue weighted by Crippen LogP contribution is -2.47. The predicted molar refractivity (Wildman–Crippen MR) is 76.8 cm³/mol. The molecule has 0 aromatic carbocycles. The molecule has 2 aromatic rings. The van der Waals surface area contributed by atoms with E-state index in [4.69, 9.17) is 5.73 Å². The highest BCUT2D eigenvalue weighted by Crippen LogP contribution is 2.19. The van der Waals surface area contributed by atoms with Crippen LogP contribution in [0.5, 0.6) is 0 Å². The van der Waals surface area contributed by atoms with Crippen LogP contribution in [-0.4, -0.2) is 57.2 Å². The zero-order valence-electron chi connectivity index (χ0n) is 11.4. The summed E-state index contributed by atoms with van der Waals surface area (Å²) >= 11 is 0. The van der Waals surface area contributed by atoms with Crippen molar-refractivity contribution in [2.75, 3.05) is 28.7 Å². The summed E-state index contributed by atoms with van der Waals surface area (Å²) in [5.41, 5.74) is 5.72. The van der Waals surface area contributed by atoms with E-state index >= 15 is 0 Å². The number of aromatic nitrogens is 5. The van der Waals surface area contributed by atoms with E-state index in [1.165, 1.54) is 4.68 Å². The van der Waals surface area contributed by atoms with Crippen molar-refractivity contribution in [2.24, 2.45) is 0 Å². The molecule has 1 aliphatic rings. The second-order valence-corrected chi connectivity index (χ2v) is 7.13. The Morgan fingerprint density at radius 1 is 1.29 bits per heavy atom. The molecule has 112 valence electrons. The lowest BCUT2D eigenvalue weighted by molar-refractivity contribution is 0.564. The van der Waals surface area contributed by atoms with Gasteiger partial charge in [-0.2, -0.15) is 20.1 Å². The molecule has 1 atom stereocenters. The van der Waals surface area contributed by atoms with Crippen molar-refractivity contribution in [1.29, 1.82) is 0 Å². The fourth-order valence-corrected chi connectivity index (χ4v) is 3.84. The molecule has 1 saturated heterocycles. The highest BCUT2D eigenvalue weighted by atomic mass is 32.2. The van der Waals surface area contributed by atoms with E-state index in [1.54, 1.807) is 18.5 Å². The van der Waals surface area contributed by atoms with Gasteiger partial charge in [-0.1, -0.05) is 0 Å². The number of nitrogens with zero attached hydrogens (tertiary/aromatic N) is 6. The Hall–Kier alpha value is -2.23. The third-order valence-corrected chi connectivity index (χ3v) is 5.06. The molecule has 1 unspecified atom stereocenters. The van der Waals surface area contributed by atoms with Gasteiger partial charge in [-0.3, -0.25) is 0 Å². The van der Waals surface area contributed by atoms with Crippen molar-refractivity contribution < 1.29 is 8.42 Å². The standard InChI is InChI=1S/C11H15N7O2S/c1-8-7-21(19,20)6-5-17(8)10-14-9(12)15-11(16-10)18-4-2-3-13-18/h2-4,8H,5-7H2,1H3,(H2,12,14,15,16). The Labute approximate surface area is 121 Å². The van der Waals surface area contributed by atoms with Crippen molar-refractivity contribution in [3.8, 4) is 5.95 Å². The summed E-state index contributed by atoms with van der Waals surface area (Å²) in [5, 5.41) is 4.05. The molecule has 1 fully saturated rings. The molecule has 2 N–H and O–H groups in total. The van der Waals surface area contributed by atoms with E-state index in [0.717, 1.165) is 0 Å². The van der Waals surface area contributed by atoms with Crippen LogP contribution in [0.15, 0.2) is 18.5 Å². The van der Waals surface area contributed by atoms with Gasteiger partial charge >= 0.3 is 0 Å². The number of anilines is 2. The molecule has 0 radical (unpaired) electrons. The first-order chi connectivity index (χ1) is 9.94. The van der Waals surface area contributed by atoms with E-state index in [1.807, 2.05) is 11.8 Å². The average Bonchev–Trinajstić information content (AvgIpc) is 2.90. The fourth-order valence-electron chi connectivity index (χ4n) is 2.28. The van der Waals surface area contributed by atoms with Crippen LogP contribution >= 0.6 is 0 Å². The van der Waals surface area contributed by atoms with Crippen LogP contribution in [0, 0.1) is 0 Å². The smallest absolute Gasteiger partial charge is 0.257 e. The van der Waals surface area contributed by atoms with Crippen molar-refractivity contribution in [1.82, 2.24) is 24.7 Å². The molecule has 2 aromatic heterocycles. The van der Waals surface area contributed by atoms with Crippen molar-refractivity contribution in [3.63, 3.8) is 0 Å². The molecule has 0 saturated carbocycles. The van der Waals surface area contributed by atoms with Gasteiger partial charge in [-0.05, 0) is 13.0 Å². The highest BCUT2D eigenvalue weighted by Gasteiger charge is 2.30. The van der Waals surface area contributed by atoms with Crippen LogP contribution in [0.1, 0.15) is 6.92 Å². The van der Waals surface area contributed by atoms with E-state index in [0.29, 0.717) is 18.4 Å². The Morgan fingerprint density at radius 3 is 2.71 bits per heavy atom. The molecule has 3 rings (SSSR count). The molecule has 0 spiro atoms. The fraction of sp³-hybridized carbons (Fsp3) is 0.455. The second kappa shape index (κ2) is 4.95. The Kier molecular flexibility index (Phi) is 3.24. The molecule has 21 heavy (non-hydrogen) atoms. The van der Waals surface area contributed by atoms with Gasteiger partial charge < -0.3 is 10.6 Å². The minimum Gasteiger partial charge on any atom is -0.368 e. The summed E-state index contributed by atoms with van der Waals surface area (Å²) in [7, 11) is -3.00. The summed E-state index contributed by atoms with van der Waals surface area (Å²) in [6, 6.07) is 1.53.